The summed E-state index contributed by atoms with van der Waals surface area (Å²) in [5, 5.41) is 52.3. The number of nitrogens with zero attached hydrogens (tertiary/aromatic N) is 10. The number of rotatable bonds is 10. The van der Waals surface area contributed by atoms with Gasteiger partial charge in [0.15, 0.2) is 0 Å². The molecule has 64 heavy (non-hydrogen) atoms. The molecule has 3 N–H and O–H groups in total. The van der Waals surface area contributed by atoms with Crippen molar-refractivity contribution < 1.29 is 19.3 Å². The lowest BCUT2D eigenvalue weighted by Gasteiger charge is -2.25. The van der Waals surface area contributed by atoms with Crippen LogP contribution >= 0.6 is 0 Å². The minimum atomic E-state index is -0.118. The number of anilines is 2. The van der Waals surface area contributed by atoms with Gasteiger partial charge in [0.05, 0.1) is 84.9 Å². The Morgan fingerprint density at radius 2 is 1.50 bits per heavy atom. The van der Waals surface area contributed by atoms with E-state index in [0.29, 0.717) is 34.2 Å². The molecular formula is C48H48N12O4. The molecule has 2 aliphatic carbocycles. The second kappa shape index (κ2) is 19.3. The van der Waals surface area contributed by atoms with Crippen LogP contribution in [0.4, 0.5) is 11.4 Å². The molecule has 2 aliphatic heterocycles. The first-order valence-electron chi connectivity index (χ1n) is 21.6. The van der Waals surface area contributed by atoms with Crippen LogP contribution in [0.5, 0.6) is 11.5 Å². The summed E-state index contributed by atoms with van der Waals surface area (Å²) in [5.41, 5.74) is 9.93. The number of fused-ring (bicyclic) bond motifs is 3. The van der Waals surface area contributed by atoms with E-state index in [1.165, 1.54) is 30.3 Å². The van der Waals surface area contributed by atoms with E-state index in [9.17, 15) is 5.11 Å². The number of benzene rings is 2. The van der Waals surface area contributed by atoms with Gasteiger partial charge in [0.25, 0.3) is 0 Å². The molecule has 2 aromatic carbocycles. The number of nitrogens with one attached hydrogen (secondary N) is 2. The average Bonchev–Trinajstić information content (AvgIpc) is 4.07. The Morgan fingerprint density at radius 3 is 2.25 bits per heavy atom. The van der Waals surface area contributed by atoms with E-state index in [1.807, 2.05) is 69.2 Å². The largest absolute Gasteiger partial charge is 0.508 e. The van der Waals surface area contributed by atoms with Crippen molar-refractivity contribution in [2.45, 2.75) is 64.1 Å². The van der Waals surface area contributed by atoms with Crippen LogP contribution in [0.1, 0.15) is 71.0 Å². The molecule has 0 saturated carbocycles. The lowest BCUT2D eigenvalue weighted by atomic mass is 9.93. The first-order valence-corrected chi connectivity index (χ1v) is 21.6. The van der Waals surface area contributed by atoms with Crippen LogP contribution in [0, 0.1) is 39.9 Å². The lowest BCUT2D eigenvalue weighted by Crippen LogP contribution is -2.31. The fraction of sp³-hybridized carbons (Fsp3) is 0.333. The van der Waals surface area contributed by atoms with E-state index in [1.54, 1.807) is 36.8 Å². The standard InChI is InChI=1S/C24H22N6O2.C14H16N4O2.C10H10N2/c25-8-16-6-18-2-1-3-23(24(18)26-9-16)32-21-5-4-19-10-28-30(22(19)7-21)20-11-27-29(13-20)12-17-14-31-15-17;15-4-11-1-2-13(19)3-14(11)17-12-5-16-18(7-12)6-10-8-20-9-10;11-6-8-5-9-3-1-2-4-10(9)12-7-8/h4-7,9-11,13,17,23H,1-3,12,14-15H2;1-5,7,10,15,17,19H,6,8-9H2;5,7H,1-4H2/t23-;;/m0../s1. The van der Waals surface area contributed by atoms with Gasteiger partial charge < -0.3 is 30.0 Å². The summed E-state index contributed by atoms with van der Waals surface area (Å²) in [5.74, 6) is 2.02. The summed E-state index contributed by atoms with van der Waals surface area (Å²) in [6.45, 7) is 4.91. The van der Waals surface area contributed by atoms with Crippen molar-refractivity contribution in [1.82, 2.24) is 39.3 Å². The molecule has 1 atom stereocenters. The van der Waals surface area contributed by atoms with E-state index in [0.717, 1.165) is 111 Å². The van der Waals surface area contributed by atoms with Gasteiger partial charge in [-0.3, -0.25) is 19.3 Å². The topological polar surface area (TPSA) is 211 Å². The zero-order valence-electron chi connectivity index (χ0n) is 35.3. The third kappa shape index (κ3) is 9.79. The molecule has 2 saturated heterocycles. The number of phenols is 1. The van der Waals surface area contributed by atoms with Gasteiger partial charge >= 0.3 is 0 Å². The maximum Gasteiger partial charge on any atom is 0.141 e. The van der Waals surface area contributed by atoms with E-state index in [-0.39, 0.29) is 11.9 Å². The zero-order chi connectivity index (χ0) is 43.8. The number of hydrogen-bond acceptors (Lipinski definition) is 13. The number of aryl methyl sites for hydroxylation is 3. The van der Waals surface area contributed by atoms with Crippen LogP contribution in [-0.4, -0.2) is 77.1 Å². The summed E-state index contributed by atoms with van der Waals surface area (Å²) in [4.78, 5) is 8.81. The molecule has 7 heterocycles. The monoisotopic (exact) mass is 856 g/mol. The molecule has 0 spiro atoms. The van der Waals surface area contributed by atoms with Crippen LogP contribution in [0.15, 0.2) is 91.9 Å². The number of aromatic nitrogens is 8. The Balaban J connectivity index is 0.000000137. The average molecular weight is 857 g/mol. The van der Waals surface area contributed by atoms with E-state index < -0.39 is 0 Å². The smallest absolute Gasteiger partial charge is 0.141 e. The van der Waals surface area contributed by atoms with Gasteiger partial charge in [-0.25, -0.2) is 4.68 Å². The van der Waals surface area contributed by atoms with Gasteiger partial charge in [-0.2, -0.15) is 25.8 Å². The highest BCUT2D eigenvalue weighted by Gasteiger charge is 2.25. The number of nitriles is 2. The number of aromatic hydroxyl groups is 1. The molecule has 16 heteroatoms. The van der Waals surface area contributed by atoms with Gasteiger partial charge in [-0.1, -0.05) is 0 Å². The predicted octanol–water partition coefficient (Wildman–Crippen LogP) is 7.40. The summed E-state index contributed by atoms with van der Waals surface area (Å²) < 4.78 is 22.5. The molecule has 7 aromatic rings. The fourth-order valence-electron chi connectivity index (χ4n) is 8.23. The van der Waals surface area contributed by atoms with Gasteiger partial charge in [-0.05, 0) is 92.5 Å². The number of ether oxygens (including phenoxy) is 3. The highest BCUT2D eigenvalue weighted by molar-refractivity contribution is 5.88. The van der Waals surface area contributed by atoms with E-state index in [2.05, 4.69) is 42.7 Å². The Kier molecular flexibility index (Phi) is 12.7. The first kappa shape index (κ1) is 41.9. The maximum atomic E-state index is 9.52. The normalized spacial score (nSPS) is 16.5. The summed E-state index contributed by atoms with van der Waals surface area (Å²) in [6.07, 6.45) is 21.3. The number of hydrogen-bond donors (Lipinski definition) is 3. The summed E-state index contributed by atoms with van der Waals surface area (Å²) in [6, 6.07) is 19.1. The highest BCUT2D eigenvalue weighted by Crippen LogP contribution is 2.34. The zero-order valence-corrected chi connectivity index (χ0v) is 35.3. The molecule has 0 unspecified atom stereocenters. The van der Waals surface area contributed by atoms with Gasteiger partial charge in [-0.15, -0.1) is 0 Å². The van der Waals surface area contributed by atoms with Crippen molar-refractivity contribution in [3.63, 3.8) is 0 Å². The van der Waals surface area contributed by atoms with E-state index >= 15 is 0 Å². The van der Waals surface area contributed by atoms with Crippen LogP contribution in [0.25, 0.3) is 16.6 Å². The molecule has 0 amide bonds. The molecule has 2 fully saturated rings. The Morgan fingerprint density at radius 1 is 0.781 bits per heavy atom. The molecular weight excluding hydrogens is 809 g/mol. The van der Waals surface area contributed by atoms with Crippen molar-refractivity contribution >= 4 is 28.5 Å². The summed E-state index contributed by atoms with van der Waals surface area (Å²) in [7, 11) is 0. The Hall–Kier alpha value is -7.40. The van der Waals surface area contributed by atoms with Crippen LogP contribution in [0.2, 0.25) is 0 Å². The van der Waals surface area contributed by atoms with E-state index in [4.69, 9.17) is 30.1 Å². The SMILES string of the molecule is N#Cc1cnc2c(c1)CCCC2.N#Cc1cnc2c(c1)CCC[C@@H]2Oc1ccc2cnn(-c3cnn(CC4COC4)c3)c2c1.N=Cc1ccc(O)cc1Nc1cnn(CC2COC2)c1. The molecule has 16 nitrogen and oxygen atoms in total. The third-order valence-electron chi connectivity index (χ3n) is 11.7. The Labute approximate surface area is 370 Å². The lowest BCUT2D eigenvalue weighted by molar-refractivity contribution is -0.0408. The van der Waals surface area contributed by atoms with Crippen molar-refractivity contribution in [3.05, 3.63) is 131 Å². The fourth-order valence-corrected chi connectivity index (χ4v) is 8.23. The molecule has 0 bridgehead atoms. The minimum absolute atomic E-state index is 0.118. The van der Waals surface area contributed by atoms with Crippen molar-refractivity contribution in [3.8, 4) is 29.3 Å². The molecule has 0 radical (unpaired) electrons. The van der Waals surface area contributed by atoms with Gasteiger partial charge in [0.1, 0.15) is 35.4 Å². The molecule has 324 valence electrons. The minimum Gasteiger partial charge on any atom is -0.508 e. The molecule has 11 rings (SSSR count). The van der Waals surface area contributed by atoms with Crippen molar-refractivity contribution in [1.29, 1.82) is 15.9 Å². The first-order chi connectivity index (χ1) is 31.4. The second-order valence-corrected chi connectivity index (χ2v) is 16.5. The summed E-state index contributed by atoms with van der Waals surface area (Å²) >= 11 is 0. The van der Waals surface area contributed by atoms with Crippen molar-refractivity contribution in [2.24, 2.45) is 11.8 Å². The van der Waals surface area contributed by atoms with Gasteiger partial charge in [0, 0.05) is 78.5 Å². The molecule has 5 aromatic heterocycles. The van der Waals surface area contributed by atoms with Gasteiger partial charge in [0.2, 0.25) is 0 Å². The van der Waals surface area contributed by atoms with Crippen LogP contribution < -0.4 is 10.1 Å². The maximum absolute atomic E-state index is 9.52. The molecule has 4 aliphatic rings. The Bertz CT molecular complexity index is 2840. The highest BCUT2D eigenvalue weighted by atomic mass is 16.5. The predicted molar refractivity (Wildman–Crippen MR) is 238 cm³/mol. The van der Waals surface area contributed by atoms with Crippen LogP contribution in [0.3, 0.4) is 0 Å². The second-order valence-electron chi connectivity index (χ2n) is 16.5. The quantitative estimate of drug-likeness (QED) is 0.115. The number of phenolic OH excluding ortho intramolecular Hbond substituents is 1. The number of pyridine rings is 2. The third-order valence-corrected chi connectivity index (χ3v) is 11.7. The van der Waals surface area contributed by atoms with Crippen LogP contribution in [-0.2, 0) is 41.8 Å². The van der Waals surface area contributed by atoms with Crippen molar-refractivity contribution in [2.75, 3.05) is 31.7 Å².